The van der Waals surface area contributed by atoms with Crippen LogP contribution in [0.5, 0.6) is 0 Å². The molecule has 3 heterocycles. The Morgan fingerprint density at radius 3 is 2.86 bits per heavy atom. The first-order valence-corrected chi connectivity index (χ1v) is 7.83. The van der Waals surface area contributed by atoms with Gasteiger partial charge in [-0.05, 0) is 43.0 Å². The van der Waals surface area contributed by atoms with Crippen LogP contribution in [0.4, 0.5) is 0 Å². The van der Waals surface area contributed by atoms with Gasteiger partial charge in [0, 0.05) is 4.70 Å². The van der Waals surface area contributed by atoms with Crippen molar-refractivity contribution in [1.29, 1.82) is 0 Å². The fraction of sp³-hybridized carbons (Fsp3) is 0.125. The van der Waals surface area contributed by atoms with Gasteiger partial charge in [-0.15, -0.1) is 11.3 Å². The molecule has 0 radical (unpaired) electrons. The van der Waals surface area contributed by atoms with Crippen molar-refractivity contribution in [2.75, 3.05) is 0 Å². The van der Waals surface area contributed by atoms with Crippen LogP contribution in [0.2, 0.25) is 5.15 Å². The Kier molecular flexibility index (Phi) is 2.77. The molecule has 0 bridgehead atoms. The van der Waals surface area contributed by atoms with Gasteiger partial charge in [0.2, 0.25) is 0 Å². The number of rotatable bonds is 1. The minimum Gasteiger partial charge on any atom is -0.235 e. The number of benzene rings is 1. The summed E-state index contributed by atoms with van der Waals surface area (Å²) in [4.78, 5) is 5.61. The second kappa shape index (κ2) is 4.55. The number of hydrogen-bond acceptors (Lipinski definition) is 3. The van der Waals surface area contributed by atoms with Crippen LogP contribution in [0.25, 0.3) is 26.3 Å². The van der Waals surface area contributed by atoms with E-state index in [1.54, 1.807) is 17.4 Å². The molecule has 0 aliphatic heterocycles. The van der Waals surface area contributed by atoms with Crippen LogP contribution < -0.4 is 0 Å². The van der Waals surface area contributed by atoms with E-state index in [2.05, 4.69) is 42.1 Å². The summed E-state index contributed by atoms with van der Waals surface area (Å²) in [5.41, 5.74) is 4.34. The van der Waals surface area contributed by atoms with Gasteiger partial charge >= 0.3 is 0 Å². The van der Waals surface area contributed by atoms with Gasteiger partial charge in [0.1, 0.15) is 10.8 Å². The van der Waals surface area contributed by atoms with Crippen molar-refractivity contribution in [3.05, 3.63) is 52.8 Å². The lowest BCUT2D eigenvalue weighted by molar-refractivity contribution is 0.944. The van der Waals surface area contributed by atoms with Crippen molar-refractivity contribution in [1.82, 2.24) is 14.6 Å². The second-order valence-corrected chi connectivity index (χ2v) is 6.56. The molecular weight excluding hydrogens is 302 g/mol. The zero-order chi connectivity index (χ0) is 14.6. The van der Waals surface area contributed by atoms with Crippen LogP contribution in [0, 0.1) is 13.8 Å². The van der Waals surface area contributed by atoms with Gasteiger partial charge in [-0.2, -0.15) is 5.10 Å². The number of nitrogens with zero attached hydrogens (tertiary/aromatic N) is 3. The second-order valence-electron chi connectivity index (χ2n) is 5.13. The number of hydrogen-bond donors (Lipinski definition) is 0. The average Bonchev–Trinajstić information content (AvgIpc) is 3.00. The Morgan fingerprint density at radius 2 is 2.00 bits per heavy atom. The molecule has 0 amide bonds. The van der Waals surface area contributed by atoms with Crippen molar-refractivity contribution in [2.45, 2.75) is 13.8 Å². The van der Waals surface area contributed by atoms with Crippen molar-refractivity contribution in [3.8, 4) is 10.6 Å². The molecule has 3 aromatic heterocycles. The van der Waals surface area contributed by atoms with Crippen LogP contribution in [-0.2, 0) is 0 Å². The third-order valence-electron chi connectivity index (χ3n) is 3.65. The molecule has 21 heavy (non-hydrogen) atoms. The number of fused-ring (bicyclic) bond motifs is 2. The molecule has 0 aliphatic carbocycles. The molecule has 3 nitrogen and oxygen atoms in total. The largest absolute Gasteiger partial charge is 0.235 e. The van der Waals surface area contributed by atoms with E-state index in [0.717, 1.165) is 11.3 Å². The van der Waals surface area contributed by atoms with Crippen LogP contribution in [0.1, 0.15) is 11.1 Å². The number of halogens is 1. The molecule has 5 heteroatoms. The van der Waals surface area contributed by atoms with Crippen molar-refractivity contribution < 1.29 is 0 Å². The quantitative estimate of drug-likeness (QED) is 0.501. The Bertz CT molecular complexity index is 984. The van der Waals surface area contributed by atoms with E-state index < -0.39 is 0 Å². The van der Waals surface area contributed by atoms with Crippen molar-refractivity contribution in [2.24, 2.45) is 0 Å². The minimum atomic E-state index is 0.469. The first-order valence-electron chi connectivity index (χ1n) is 6.64. The maximum Gasteiger partial charge on any atom is 0.154 e. The lowest BCUT2D eigenvalue weighted by Gasteiger charge is -2.00. The first kappa shape index (κ1) is 12.8. The van der Waals surface area contributed by atoms with Crippen LogP contribution in [0.15, 0.2) is 36.5 Å². The standard InChI is InChI=1S/C16H12ClN3S/c1-9-3-4-13-11(7-9)10(2)16(21-13)12-8-18-15-6-5-14(17)19-20(12)15/h3-8H,1-2H3. The summed E-state index contributed by atoms with van der Waals surface area (Å²) < 4.78 is 3.09. The molecule has 0 N–H and O–H groups in total. The Hall–Kier alpha value is -1.91. The third kappa shape index (κ3) is 1.94. The molecule has 0 spiro atoms. The Morgan fingerprint density at radius 1 is 1.14 bits per heavy atom. The van der Waals surface area contributed by atoms with Gasteiger partial charge in [0.15, 0.2) is 5.65 Å². The van der Waals surface area contributed by atoms with Gasteiger partial charge in [-0.3, -0.25) is 0 Å². The monoisotopic (exact) mass is 313 g/mol. The first-order chi connectivity index (χ1) is 10.1. The lowest BCUT2D eigenvalue weighted by atomic mass is 10.1. The molecule has 0 aliphatic rings. The van der Waals surface area contributed by atoms with E-state index in [0.29, 0.717) is 5.15 Å². The fourth-order valence-corrected chi connectivity index (χ4v) is 3.91. The predicted molar refractivity (Wildman–Crippen MR) is 88.3 cm³/mol. The molecule has 4 aromatic rings. The summed E-state index contributed by atoms with van der Waals surface area (Å²) in [5, 5.41) is 6.13. The number of aromatic nitrogens is 3. The molecule has 104 valence electrons. The summed E-state index contributed by atoms with van der Waals surface area (Å²) >= 11 is 7.79. The molecule has 4 rings (SSSR count). The summed E-state index contributed by atoms with van der Waals surface area (Å²) in [5.74, 6) is 0. The zero-order valence-corrected chi connectivity index (χ0v) is 13.2. The van der Waals surface area contributed by atoms with Gasteiger partial charge in [-0.1, -0.05) is 29.3 Å². The van der Waals surface area contributed by atoms with E-state index in [4.69, 9.17) is 11.6 Å². The van der Waals surface area contributed by atoms with Gasteiger partial charge in [0.25, 0.3) is 0 Å². The van der Waals surface area contributed by atoms with Crippen LogP contribution >= 0.6 is 22.9 Å². The van der Waals surface area contributed by atoms with Gasteiger partial charge < -0.3 is 0 Å². The Balaban J connectivity index is 2.04. The van der Waals surface area contributed by atoms with E-state index in [1.807, 2.05) is 16.8 Å². The van der Waals surface area contributed by atoms with Crippen molar-refractivity contribution in [3.63, 3.8) is 0 Å². The minimum absolute atomic E-state index is 0.469. The molecule has 0 atom stereocenters. The molecule has 0 unspecified atom stereocenters. The van der Waals surface area contributed by atoms with E-state index in [9.17, 15) is 0 Å². The molecule has 0 saturated carbocycles. The van der Waals surface area contributed by atoms with Gasteiger partial charge in [0.05, 0.1) is 11.1 Å². The van der Waals surface area contributed by atoms with Gasteiger partial charge in [-0.25, -0.2) is 9.50 Å². The topological polar surface area (TPSA) is 30.2 Å². The number of imidazole rings is 1. The normalized spacial score (nSPS) is 11.6. The summed E-state index contributed by atoms with van der Waals surface area (Å²) in [7, 11) is 0. The predicted octanol–water partition coefficient (Wildman–Crippen LogP) is 4.88. The fourth-order valence-electron chi connectivity index (χ4n) is 2.58. The smallest absolute Gasteiger partial charge is 0.154 e. The number of thiophene rings is 1. The molecule has 0 saturated heterocycles. The maximum atomic E-state index is 6.02. The maximum absolute atomic E-state index is 6.02. The van der Waals surface area contributed by atoms with E-state index in [1.165, 1.54) is 26.1 Å². The third-order valence-corrected chi connectivity index (χ3v) is 5.15. The van der Waals surface area contributed by atoms with Crippen LogP contribution in [-0.4, -0.2) is 14.6 Å². The summed E-state index contributed by atoms with van der Waals surface area (Å²) in [6.45, 7) is 4.27. The Labute approximate surface area is 130 Å². The molecular formula is C16H12ClN3S. The van der Waals surface area contributed by atoms with E-state index >= 15 is 0 Å². The summed E-state index contributed by atoms with van der Waals surface area (Å²) in [6, 6.07) is 10.2. The highest BCUT2D eigenvalue weighted by Crippen LogP contribution is 2.38. The zero-order valence-electron chi connectivity index (χ0n) is 11.6. The number of aryl methyl sites for hydroxylation is 2. The molecule has 0 fully saturated rings. The average molecular weight is 314 g/mol. The summed E-state index contributed by atoms with van der Waals surface area (Å²) in [6.07, 6.45) is 1.86. The van der Waals surface area contributed by atoms with Crippen molar-refractivity contribution >= 4 is 38.7 Å². The highest BCUT2D eigenvalue weighted by atomic mass is 35.5. The highest BCUT2D eigenvalue weighted by molar-refractivity contribution is 7.22. The van der Waals surface area contributed by atoms with Crippen LogP contribution in [0.3, 0.4) is 0 Å². The lowest BCUT2D eigenvalue weighted by Crippen LogP contribution is -1.93. The SMILES string of the molecule is Cc1ccc2sc(-c3cnc4ccc(Cl)nn34)c(C)c2c1. The molecule has 1 aromatic carbocycles. The highest BCUT2D eigenvalue weighted by Gasteiger charge is 2.15. The van der Waals surface area contributed by atoms with E-state index in [-0.39, 0.29) is 0 Å².